The Morgan fingerprint density at radius 3 is 2.94 bits per heavy atom. The van der Waals surface area contributed by atoms with Gasteiger partial charge in [0.05, 0.1) is 18.8 Å². The van der Waals surface area contributed by atoms with Crippen molar-refractivity contribution in [2.24, 2.45) is 0 Å². The molecule has 9 nitrogen and oxygen atoms in total. The molecule has 2 fully saturated rings. The smallest absolute Gasteiger partial charge is 0.164 e. The molecule has 0 spiro atoms. The summed E-state index contributed by atoms with van der Waals surface area (Å²) in [7, 11) is 1.79. The molecule has 3 atom stereocenters. The first kappa shape index (κ1) is 23.7. The van der Waals surface area contributed by atoms with Crippen LogP contribution in [-0.4, -0.2) is 84.9 Å². The summed E-state index contributed by atoms with van der Waals surface area (Å²) in [5.41, 5.74) is 1.81. The summed E-state index contributed by atoms with van der Waals surface area (Å²) in [4.78, 5) is 11.9. The van der Waals surface area contributed by atoms with Crippen LogP contribution < -0.4 is 20.3 Å². The largest absolute Gasteiger partial charge is 0.491 e. The number of nitrogens with one attached hydrogen (secondary N) is 2. The number of piperidine rings is 1. The van der Waals surface area contributed by atoms with Crippen LogP contribution in [0.1, 0.15) is 24.8 Å². The first-order chi connectivity index (χ1) is 16.0. The maximum absolute atomic E-state index is 10.2. The topological polar surface area (TPSA) is 112 Å². The lowest BCUT2D eigenvalue weighted by atomic mass is 10.1. The van der Waals surface area contributed by atoms with Crippen LogP contribution in [0, 0.1) is 6.92 Å². The Balaban J connectivity index is 1.64. The predicted molar refractivity (Wildman–Crippen MR) is 128 cm³/mol. The molecule has 2 aromatic rings. The number of anilines is 2. The van der Waals surface area contributed by atoms with Gasteiger partial charge in [0.1, 0.15) is 30.1 Å². The third-order valence-corrected chi connectivity index (χ3v) is 6.06. The van der Waals surface area contributed by atoms with Gasteiger partial charge in [-0.05, 0) is 45.4 Å². The minimum atomic E-state index is -0.587. The van der Waals surface area contributed by atoms with E-state index in [0.717, 1.165) is 55.2 Å². The van der Waals surface area contributed by atoms with E-state index in [1.807, 2.05) is 31.2 Å². The summed E-state index contributed by atoms with van der Waals surface area (Å²) >= 11 is 0. The number of aliphatic hydroxyl groups excluding tert-OH is 2. The molecule has 2 saturated heterocycles. The molecule has 0 aliphatic carbocycles. The fourth-order valence-electron chi connectivity index (χ4n) is 4.28. The Bertz CT molecular complexity index is 922. The number of ether oxygens (including phenoxy) is 2. The zero-order valence-electron chi connectivity index (χ0n) is 19.5. The van der Waals surface area contributed by atoms with Crippen molar-refractivity contribution < 1.29 is 19.7 Å². The Morgan fingerprint density at radius 1 is 1.30 bits per heavy atom. The number of hydrogen-bond donors (Lipinski definition) is 4. The van der Waals surface area contributed by atoms with Crippen LogP contribution >= 0.6 is 0 Å². The second-order valence-corrected chi connectivity index (χ2v) is 8.84. The lowest BCUT2D eigenvalue weighted by Gasteiger charge is -2.32. The van der Waals surface area contributed by atoms with Gasteiger partial charge in [0, 0.05) is 37.4 Å². The molecular formula is C24H35N5O4. The summed E-state index contributed by atoms with van der Waals surface area (Å²) in [5, 5.41) is 26.7. The van der Waals surface area contributed by atoms with Crippen LogP contribution in [-0.2, 0) is 4.74 Å². The van der Waals surface area contributed by atoms with Crippen molar-refractivity contribution in [1.29, 1.82) is 0 Å². The predicted octanol–water partition coefficient (Wildman–Crippen LogP) is 1.57. The van der Waals surface area contributed by atoms with Gasteiger partial charge < -0.3 is 35.2 Å². The Labute approximate surface area is 195 Å². The molecule has 1 aromatic carbocycles. The Hall–Kier alpha value is -2.46. The van der Waals surface area contributed by atoms with Gasteiger partial charge in [0.2, 0.25) is 0 Å². The van der Waals surface area contributed by atoms with Gasteiger partial charge in [-0.15, -0.1) is 0 Å². The van der Waals surface area contributed by atoms with E-state index in [-0.39, 0.29) is 18.8 Å². The zero-order chi connectivity index (χ0) is 23.2. The van der Waals surface area contributed by atoms with E-state index in [4.69, 9.17) is 19.4 Å². The van der Waals surface area contributed by atoms with Crippen molar-refractivity contribution in [3.8, 4) is 17.1 Å². The number of β-amino-alcohol motifs (C(OH)–C–C–N with tert-alkyl or cyclic N) is 1. The summed E-state index contributed by atoms with van der Waals surface area (Å²) in [6.07, 6.45) is 1.75. The average molecular weight is 458 g/mol. The number of rotatable bonds is 9. The summed E-state index contributed by atoms with van der Waals surface area (Å²) in [6, 6.07) is 7.84. The van der Waals surface area contributed by atoms with Crippen molar-refractivity contribution in [3.05, 3.63) is 29.8 Å². The molecule has 2 aliphatic heterocycles. The molecule has 1 aromatic heterocycles. The van der Waals surface area contributed by atoms with Gasteiger partial charge in [0.15, 0.2) is 5.82 Å². The monoisotopic (exact) mass is 457 g/mol. The molecule has 4 rings (SSSR count). The fraction of sp³-hybridized carbons (Fsp3) is 0.583. The SMILES string of the molecule is CNCC(O)COc1cccc(-c2nc(NC3CCOC3)c(C)c(N3CCCC(O)C3)n2)c1. The zero-order valence-corrected chi connectivity index (χ0v) is 19.5. The summed E-state index contributed by atoms with van der Waals surface area (Å²) in [6.45, 7) is 5.52. The highest BCUT2D eigenvalue weighted by molar-refractivity contribution is 5.67. The molecule has 33 heavy (non-hydrogen) atoms. The standard InChI is InChI=1S/C24H35N5O4/c1-16-22(26-18-8-10-32-14-18)27-23(28-24(16)29-9-4-6-19(30)13-29)17-5-3-7-21(11-17)33-15-20(31)12-25-2/h3,5,7,11,18-20,25,30-31H,4,6,8-10,12-15H2,1-2H3,(H,26,27,28). The van der Waals surface area contributed by atoms with Crippen molar-refractivity contribution in [3.63, 3.8) is 0 Å². The molecule has 3 unspecified atom stereocenters. The van der Waals surface area contributed by atoms with Crippen LogP contribution in [0.3, 0.4) is 0 Å². The van der Waals surface area contributed by atoms with E-state index >= 15 is 0 Å². The first-order valence-corrected chi connectivity index (χ1v) is 11.8. The molecule has 3 heterocycles. The number of aromatic nitrogens is 2. The first-order valence-electron chi connectivity index (χ1n) is 11.8. The Morgan fingerprint density at radius 2 is 2.18 bits per heavy atom. The van der Waals surface area contributed by atoms with Crippen LogP contribution in [0.4, 0.5) is 11.6 Å². The second kappa shape index (κ2) is 11.1. The number of benzene rings is 1. The quantitative estimate of drug-likeness (QED) is 0.446. The maximum Gasteiger partial charge on any atom is 0.164 e. The normalized spacial score (nSPS) is 21.8. The minimum absolute atomic E-state index is 0.199. The molecule has 9 heteroatoms. The highest BCUT2D eigenvalue weighted by atomic mass is 16.5. The highest BCUT2D eigenvalue weighted by Gasteiger charge is 2.25. The Kier molecular flexibility index (Phi) is 7.97. The van der Waals surface area contributed by atoms with Gasteiger partial charge in [-0.1, -0.05) is 12.1 Å². The average Bonchev–Trinajstić information content (AvgIpc) is 3.32. The highest BCUT2D eigenvalue weighted by Crippen LogP contribution is 2.31. The lowest BCUT2D eigenvalue weighted by molar-refractivity contribution is 0.108. The van der Waals surface area contributed by atoms with E-state index < -0.39 is 6.10 Å². The van der Waals surface area contributed by atoms with Gasteiger partial charge >= 0.3 is 0 Å². The van der Waals surface area contributed by atoms with Crippen LogP contribution in [0.25, 0.3) is 11.4 Å². The van der Waals surface area contributed by atoms with E-state index in [1.165, 1.54) is 0 Å². The van der Waals surface area contributed by atoms with Crippen LogP contribution in [0.2, 0.25) is 0 Å². The van der Waals surface area contributed by atoms with Crippen LogP contribution in [0.15, 0.2) is 24.3 Å². The molecular weight excluding hydrogens is 422 g/mol. The van der Waals surface area contributed by atoms with E-state index in [0.29, 0.717) is 31.3 Å². The molecule has 0 bridgehead atoms. The van der Waals surface area contributed by atoms with Crippen molar-refractivity contribution in [2.75, 3.05) is 56.7 Å². The lowest BCUT2D eigenvalue weighted by Crippen LogP contribution is -2.39. The molecule has 180 valence electrons. The van der Waals surface area contributed by atoms with Crippen molar-refractivity contribution in [2.45, 2.75) is 44.4 Å². The minimum Gasteiger partial charge on any atom is -0.491 e. The van der Waals surface area contributed by atoms with Gasteiger partial charge in [0.25, 0.3) is 0 Å². The maximum atomic E-state index is 10.2. The molecule has 0 radical (unpaired) electrons. The van der Waals surface area contributed by atoms with E-state index in [9.17, 15) is 10.2 Å². The van der Waals surface area contributed by atoms with Gasteiger partial charge in [-0.2, -0.15) is 0 Å². The van der Waals surface area contributed by atoms with Crippen LogP contribution in [0.5, 0.6) is 5.75 Å². The number of likely N-dealkylation sites (N-methyl/N-ethyl adjacent to an activating group) is 1. The number of aliphatic hydroxyl groups is 2. The molecule has 4 N–H and O–H groups in total. The number of hydrogen-bond acceptors (Lipinski definition) is 9. The van der Waals surface area contributed by atoms with E-state index in [1.54, 1.807) is 7.05 Å². The molecule has 0 saturated carbocycles. The van der Waals surface area contributed by atoms with E-state index in [2.05, 4.69) is 15.5 Å². The number of nitrogens with zero attached hydrogens (tertiary/aromatic N) is 3. The van der Waals surface area contributed by atoms with Gasteiger partial charge in [-0.3, -0.25) is 0 Å². The molecule has 0 amide bonds. The summed E-state index contributed by atoms with van der Waals surface area (Å²) in [5.74, 6) is 2.89. The fourth-order valence-corrected chi connectivity index (χ4v) is 4.28. The van der Waals surface area contributed by atoms with Gasteiger partial charge in [-0.25, -0.2) is 9.97 Å². The molecule has 2 aliphatic rings. The second-order valence-electron chi connectivity index (χ2n) is 8.84. The third kappa shape index (κ3) is 6.11. The third-order valence-electron chi connectivity index (χ3n) is 6.06. The van der Waals surface area contributed by atoms with Crippen molar-refractivity contribution in [1.82, 2.24) is 15.3 Å². The summed E-state index contributed by atoms with van der Waals surface area (Å²) < 4.78 is 11.3. The van der Waals surface area contributed by atoms with Crippen molar-refractivity contribution >= 4 is 11.6 Å².